The van der Waals surface area contributed by atoms with E-state index in [1.165, 1.54) is 26.1 Å². The monoisotopic (exact) mass is 294 g/mol. The summed E-state index contributed by atoms with van der Waals surface area (Å²) in [5.41, 5.74) is 0.275. The Hall–Kier alpha value is -2.64. The molecule has 2 rings (SSSR count). The van der Waals surface area contributed by atoms with Crippen molar-refractivity contribution in [2.75, 3.05) is 18.6 Å². The number of aromatic hydroxyl groups is 1. The first kappa shape index (κ1) is 14.8. The van der Waals surface area contributed by atoms with Gasteiger partial charge in [-0.1, -0.05) is 0 Å². The third kappa shape index (κ3) is 2.64. The molecule has 1 unspecified atom stereocenters. The number of carbonyl (C=O) groups excluding carboxylic acids is 2. The van der Waals surface area contributed by atoms with Gasteiger partial charge in [0.25, 0.3) is 0 Å². The van der Waals surface area contributed by atoms with Gasteiger partial charge in [-0.15, -0.1) is 0 Å². The molecular weight excluding hydrogens is 280 g/mol. The normalized spacial score (nSPS) is 17.3. The highest BCUT2D eigenvalue weighted by Crippen LogP contribution is 2.42. The van der Waals surface area contributed by atoms with Crippen LogP contribution in [0.25, 0.3) is 0 Å². The Morgan fingerprint density at radius 2 is 2.24 bits per heavy atom. The number of fused-ring (bicyclic) bond motifs is 1. The predicted octanol–water partition coefficient (Wildman–Crippen LogP) is 0.999. The zero-order valence-corrected chi connectivity index (χ0v) is 11.5. The smallest absolute Gasteiger partial charge is 0.312 e. The van der Waals surface area contributed by atoms with Crippen molar-refractivity contribution in [3.8, 4) is 5.75 Å². The van der Waals surface area contributed by atoms with Crippen LogP contribution in [-0.2, 0) is 20.7 Å². The maximum atomic E-state index is 12.2. The van der Waals surface area contributed by atoms with Crippen molar-refractivity contribution in [1.82, 2.24) is 0 Å². The summed E-state index contributed by atoms with van der Waals surface area (Å²) in [7, 11) is 1.42. The van der Waals surface area contributed by atoms with E-state index in [0.29, 0.717) is 5.56 Å². The van der Waals surface area contributed by atoms with Crippen molar-refractivity contribution in [3.63, 3.8) is 0 Å². The van der Waals surface area contributed by atoms with E-state index < -0.39 is 28.2 Å². The molecule has 112 valence electrons. The molecule has 1 amide bonds. The minimum Gasteiger partial charge on any atom is -0.501 e. The average Bonchev–Trinajstić information content (AvgIpc) is 2.40. The molecule has 0 bridgehead atoms. The first-order valence-electron chi connectivity index (χ1n) is 6.23. The van der Waals surface area contributed by atoms with Crippen LogP contribution in [-0.4, -0.2) is 35.6 Å². The molecule has 1 aliphatic rings. The quantitative estimate of drug-likeness (QED) is 0.506. The lowest BCUT2D eigenvalue weighted by molar-refractivity contribution is -0.385. The van der Waals surface area contributed by atoms with E-state index in [0.717, 1.165) is 4.90 Å². The zero-order chi connectivity index (χ0) is 15.7. The molecule has 0 radical (unpaired) electrons. The van der Waals surface area contributed by atoms with Gasteiger partial charge in [-0.25, -0.2) is 0 Å². The maximum absolute atomic E-state index is 12.2. The van der Waals surface area contributed by atoms with E-state index in [9.17, 15) is 24.8 Å². The van der Waals surface area contributed by atoms with Gasteiger partial charge in [0, 0.05) is 20.0 Å². The largest absolute Gasteiger partial charge is 0.501 e. The summed E-state index contributed by atoms with van der Waals surface area (Å²) in [5, 5.41) is 20.8. The van der Waals surface area contributed by atoms with E-state index in [-0.39, 0.29) is 24.6 Å². The van der Waals surface area contributed by atoms with Gasteiger partial charge < -0.3 is 14.7 Å². The van der Waals surface area contributed by atoms with Crippen LogP contribution in [0.4, 0.5) is 11.4 Å². The number of phenols is 1. The first-order valence-corrected chi connectivity index (χ1v) is 6.23. The number of phenolic OH excluding ortho intramolecular Hbond substituents is 1. The maximum Gasteiger partial charge on any atom is 0.312 e. The Balaban J connectivity index is 2.37. The number of nitrogens with zero attached hydrogens (tertiary/aromatic N) is 2. The van der Waals surface area contributed by atoms with Crippen molar-refractivity contribution < 1.29 is 24.4 Å². The second kappa shape index (κ2) is 5.39. The molecular formula is C13H14N2O6. The highest BCUT2D eigenvalue weighted by molar-refractivity contribution is 6.00. The summed E-state index contributed by atoms with van der Waals surface area (Å²) in [5.74, 6) is -1.94. The van der Waals surface area contributed by atoms with E-state index in [2.05, 4.69) is 0 Å². The Kier molecular flexibility index (Phi) is 3.79. The Labute approximate surface area is 120 Å². The van der Waals surface area contributed by atoms with Crippen molar-refractivity contribution >= 4 is 23.3 Å². The van der Waals surface area contributed by atoms with Gasteiger partial charge in [0.15, 0.2) is 0 Å². The molecule has 1 heterocycles. The SMILES string of the molecule is CC(=O)OCC1Cc2ccc([N+](=O)[O-])c(O)c2N(C)C1=O. The highest BCUT2D eigenvalue weighted by Gasteiger charge is 2.35. The number of hydrogen-bond acceptors (Lipinski definition) is 6. The molecule has 1 atom stereocenters. The van der Waals surface area contributed by atoms with Gasteiger partial charge in [0.2, 0.25) is 11.7 Å². The van der Waals surface area contributed by atoms with Crippen LogP contribution in [0.1, 0.15) is 12.5 Å². The average molecular weight is 294 g/mol. The van der Waals surface area contributed by atoms with Gasteiger partial charge >= 0.3 is 11.7 Å². The Bertz CT molecular complexity index is 627. The van der Waals surface area contributed by atoms with Gasteiger partial charge in [-0.3, -0.25) is 19.7 Å². The molecule has 0 spiro atoms. The molecule has 1 N–H and O–H groups in total. The summed E-state index contributed by atoms with van der Waals surface area (Å²) < 4.78 is 4.85. The van der Waals surface area contributed by atoms with Gasteiger partial charge in [-0.05, 0) is 18.1 Å². The fraction of sp³-hybridized carbons (Fsp3) is 0.385. The van der Waals surface area contributed by atoms with Crippen LogP contribution in [0.2, 0.25) is 0 Å². The fourth-order valence-electron chi connectivity index (χ4n) is 2.38. The molecule has 0 saturated heterocycles. The van der Waals surface area contributed by atoms with Crippen molar-refractivity contribution in [1.29, 1.82) is 0 Å². The lowest BCUT2D eigenvalue weighted by atomic mass is 9.91. The third-order valence-electron chi connectivity index (χ3n) is 3.38. The van der Waals surface area contributed by atoms with Crippen LogP contribution >= 0.6 is 0 Å². The molecule has 0 aromatic heterocycles. The van der Waals surface area contributed by atoms with E-state index in [4.69, 9.17) is 4.74 Å². The third-order valence-corrected chi connectivity index (χ3v) is 3.38. The lowest BCUT2D eigenvalue weighted by Gasteiger charge is -2.31. The molecule has 1 aliphatic heterocycles. The van der Waals surface area contributed by atoms with Gasteiger partial charge in [-0.2, -0.15) is 0 Å². The number of nitro benzene ring substituents is 1. The molecule has 0 fully saturated rings. The predicted molar refractivity (Wildman–Crippen MR) is 72.0 cm³/mol. The van der Waals surface area contributed by atoms with Crippen LogP contribution in [0, 0.1) is 16.0 Å². The Morgan fingerprint density at radius 3 is 2.81 bits per heavy atom. The second-order valence-electron chi connectivity index (χ2n) is 4.80. The standard InChI is InChI=1S/C13H14N2O6/c1-7(16)21-6-9-5-8-3-4-10(15(19)20)12(17)11(8)14(2)13(9)18/h3-4,9,17H,5-6H2,1-2H3. The summed E-state index contributed by atoms with van der Waals surface area (Å²) in [6, 6.07) is 2.69. The first-order chi connectivity index (χ1) is 9.82. The molecule has 1 aromatic rings. The van der Waals surface area contributed by atoms with Crippen molar-refractivity contribution in [2.45, 2.75) is 13.3 Å². The fourth-order valence-corrected chi connectivity index (χ4v) is 2.38. The number of esters is 1. The number of ether oxygens (including phenoxy) is 1. The second-order valence-corrected chi connectivity index (χ2v) is 4.80. The highest BCUT2D eigenvalue weighted by atomic mass is 16.6. The number of hydrogen-bond donors (Lipinski definition) is 1. The topological polar surface area (TPSA) is 110 Å². The minimum atomic E-state index is -0.709. The van der Waals surface area contributed by atoms with Crippen molar-refractivity contribution in [2.24, 2.45) is 5.92 Å². The molecule has 0 aliphatic carbocycles. The molecule has 1 aromatic carbocycles. The summed E-state index contributed by atoms with van der Waals surface area (Å²) >= 11 is 0. The number of anilines is 1. The van der Waals surface area contributed by atoms with E-state index in [1.807, 2.05) is 0 Å². The van der Waals surface area contributed by atoms with Crippen LogP contribution < -0.4 is 4.90 Å². The number of amides is 1. The zero-order valence-electron chi connectivity index (χ0n) is 11.5. The van der Waals surface area contributed by atoms with Gasteiger partial charge in [0.05, 0.1) is 16.5 Å². The van der Waals surface area contributed by atoms with Crippen LogP contribution in [0.5, 0.6) is 5.75 Å². The van der Waals surface area contributed by atoms with Crippen LogP contribution in [0.15, 0.2) is 12.1 Å². The Morgan fingerprint density at radius 1 is 1.57 bits per heavy atom. The molecule has 8 nitrogen and oxygen atoms in total. The minimum absolute atomic E-state index is 0.0598. The summed E-state index contributed by atoms with van der Waals surface area (Å²) in [4.78, 5) is 34.3. The lowest BCUT2D eigenvalue weighted by Crippen LogP contribution is -2.41. The number of rotatable bonds is 3. The summed E-state index contributed by atoms with van der Waals surface area (Å²) in [6.07, 6.45) is 0.247. The van der Waals surface area contributed by atoms with E-state index in [1.54, 1.807) is 0 Å². The number of benzene rings is 1. The van der Waals surface area contributed by atoms with Gasteiger partial charge in [0.1, 0.15) is 6.61 Å². The van der Waals surface area contributed by atoms with Crippen LogP contribution in [0.3, 0.4) is 0 Å². The molecule has 8 heteroatoms. The molecule has 21 heavy (non-hydrogen) atoms. The number of nitro groups is 1. The van der Waals surface area contributed by atoms with E-state index >= 15 is 0 Å². The van der Waals surface area contributed by atoms with Crippen molar-refractivity contribution in [3.05, 3.63) is 27.8 Å². The molecule has 0 saturated carbocycles. The summed E-state index contributed by atoms with van der Waals surface area (Å²) in [6.45, 7) is 1.19. The number of carbonyl (C=O) groups is 2.